The van der Waals surface area contributed by atoms with Gasteiger partial charge in [0.15, 0.2) is 15.0 Å². The maximum atomic E-state index is 12.9. The van der Waals surface area contributed by atoms with Gasteiger partial charge in [0.05, 0.1) is 24.7 Å². The van der Waals surface area contributed by atoms with Crippen LogP contribution in [0.2, 0.25) is 0 Å². The molecule has 0 aromatic heterocycles. The third-order valence-corrected chi connectivity index (χ3v) is 8.46. The summed E-state index contributed by atoms with van der Waals surface area (Å²) in [6, 6.07) is 13.0. The van der Waals surface area contributed by atoms with Crippen molar-refractivity contribution in [3.8, 4) is 5.75 Å². The van der Waals surface area contributed by atoms with E-state index in [0.717, 1.165) is 16.8 Å². The van der Waals surface area contributed by atoms with Crippen molar-refractivity contribution in [2.24, 2.45) is 4.99 Å². The molecule has 2 aromatic rings. The van der Waals surface area contributed by atoms with E-state index in [2.05, 4.69) is 11.4 Å². The second-order valence-electron chi connectivity index (χ2n) is 7.92. The van der Waals surface area contributed by atoms with Gasteiger partial charge in [-0.1, -0.05) is 23.9 Å². The Labute approximate surface area is 186 Å². The summed E-state index contributed by atoms with van der Waals surface area (Å²) in [5.74, 6) is 0.672. The molecule has 0 unspecified atom stereocenters. The zero-order valence-electron chi connectivity index (χ0n) is 17.7. The Balaban J connectivity index is 1.59. The summed E-state index contributed by atoms with van der Waals surface area (Å²) in [5.41, 5.74) is 3.68. The lowest BCUT2D eigenvalue weighted by Crippen LogP contribution is -2.36. The highest BCUT2D eigenvalue weighted by Crippen LogP contribution is 2.37. The Bertz CT molecular complexity index is 1130. The number of benzene rings is 2. The van der Waals surface area contributed by atoms with E-state index in [1.54, 1.807) is 19.2 Å². The Kier molecular flexibility index (Phi) is 5.98. The van der Waals surface area contributed by atoms with Gasteiger partial charge in [0, 0.05) is 22.7 Å². The van der Waals surface area contributed by atoms with E-state index in [-0.39, 0.29) is 35.2 Å². The minimum Gasteiger partial charge on any atom is -0.497 e. The van der Waals surface area contributed by atoms with Crippen molar-refractivity contribution in [1.82, 2.24) is 0 Å². The van der Waals surface area contributed by atoms with Gasteiger partial charge in [-0.25, -0.2) is 8.42 Å². The van der Waals surface area contributed by atoms with Crippen LogP contribution in [0.15, 0.2) is 47.5 Å². The number of rotatable bonds is 5. The molecule has 7 nitrogen and oxygen atoms in total. The van der Waals surface area contributed by atoms with Gasteiger partial charge in [-0.15, -0.1) is 0 Å². The predicted octanol–water partition coefficient (Wildman–Crippen LogP) is 3.03. The van der Waals surface area contributed by atoms with E-state index < -0.39 is 9.84 Å². The number of ether oxygens (including phenoxy) is 1. The van der Waals surface area contributed by atoms with Crippen LogP contribution in [0.5, 0.6) is 5.75 Å². The lowest BCUT2D eigenvalue weighted by atomic mass is 10.1. The molecule has 1 saturated heterocycles. The number of sulfone groups is 1. The molecule has 2 aliphatic heterocycles. The van der Waals surface area contributed by atoms with Crippen LogP contribution in [0.1, 0.15) is 11.1 Å². The van der Waals surface area contributed by atoms with Crippen LogP contribution >= 0.6 is 11.8 Å². The fourth-order valence-electron chi connectivity index (χ4n) is 3.89. The van der Waals surface area contributed by atoms with E-state index in [4.69, 9.17) is 9.73 Å². The zero-order chi connectivity index (χ0) is 22.2. The molecule has 4 rings (SSSR count). The first kappa shape index (κ1) is 21.7. The predicted molar refractivity (Wildman–Crippen MR) is 126 cm³/mol. The number of amides is 1. The Morgan fingerprint density at radius 1 is 1.19 bits per heavy atom. The molecule has 2 aromatic carbocycles. The molecule has 1 fully saturated rings. The van der Waals surface area contributed by atoms with Gasteiger partial charge >= 0.3 is 0 Å². The van der Waals surface area contributed by atoms with Crippen LogP contribution in [-0.4, -0.2) is 55.9 Å². The molecular weight excluding hydrogens is 434 g/mol. The van der Waals surface area contributed by atoms with Gasteiger partial charge in [-0.3, -0.25) is 9.79 Å². The second kappa shape index (κ2) is 8.55. The maximum absolute atomic E-state index is 12.9. The highest BCUT2D eigenvalue weighted by Gasteiger charge is 2.44. The molecule has 1 N–H and O–H groups in total. The first-order valence-electron chi connectivity index (χ1n) is 9.97. The summed E-state index contributed by atoms with van der Waals surface area (Å²) in [5, 5.41) is 3.51. The third kappa shape index (κ3) is 5.04. The Hall–Kier alpha value is -2.52. The molecule has 1 amide bonds. The molecule has 0 spiro atoms. The number of methoxy groups -OCH3 is 1. The summed E-state index contributed by atoms with van der Waals surface area (Å²) < 4.78 is 29.1. The van der Waals surface area contributed by atoms with Gasteiger partial charge in [0.1, 0.15) is 12.3 Å². The maximum Gasteiger partial charge on any atom is 0.244 e. The SMILES string of the molecule is COc1cccc(NC(=O)CN(C2=N[C@@H]3CS(=O)(=O)C[C@@H]3S2)c2cc(C)cc(C)c2)c1. The molecule has 2 atom stereocenters. The number of hydrogen-bond acceptors (Lipinski definition) is 7. The van der Waals surface area contributed by atoms with Crippen LogP contribution in [0.4, 0.5) is 11.4 Å². The Morgan fingerprint density at radius 2 is 1.94 bits per heavy atom. The van der Waals surface area contributed by atoms with Gasteiger partial charge in [0.2, 0.25) is 5.91 Å². The summed E-state index contributed by atoms with van der Waals surface area (Å²) in [4.78, 5) is 19.5. The minimum atomic E-state index is -3.04. The number of anilines is 2. The van der Waals surface area contributed by atoms with Crippen molar-refractivity contribution < 1.29 is 17.9 Å². The molecule has 0 saturated carbocycles. The van der Waals surface area contributed by atoms with Crippen molar-refractivity contribution in [2.75, 3.05) is 35.4 Å². The fraction of sp³-hybridized carbons (Fsp3) is 0.364. The van der Waals surface area contributed by atoms with Crippen LogP contribution in [0.3, 0.4) is 0 Å². The summed E-state index contributed by atoms with van der Waals surface area (Å²) >= 11 is 1.45. The lowest BCUT2D eigenvalue weighted by molar-refractivity contribution is -0.114. The Morgan fingerprint density at radius 3 is 2.61 bits per heavy atom. The van der Waals surface area contributed by atoms with E-state index in [0.29, 0.717) is 16.6 Å². The second-order valence-corrected chi connectivity index (χ2v) is 11.3. The number of fused-ring (bicyclic) bond motifs is 1. The van der Waals surface area contributed by atoms with Crippen molar-refractivity contribution in [3.63, 3.8) is 0 Å². The quantitative estimate of drug-likeness (QED) is 0.740. The third-order valence-electron chi connectivity index (χ3n) is 5.21. The minimum absolute atomic E-state index is 0.0676. The normalized spacial score (nSPS) is 21.3. The molecule has 0 bridgehead atoms. The molecule has 164 valence electrons. The number of aliphatic imine (C=N–C) groups is 1. The number of nitrogens with zero attached hydrogens (tertiary/aromatic N) is 2. The number of aryl methyl sites for hydroxylation is 2. The van der Waals surface area contributed by atoms with Crippen molar-refractivity contribution in [2.45, 2.75) is 25.1 Å². The van der Waals surface area contributed by atoms with Crippen LogP contribution < -0.4 is 15.0 Å². The molecule has 9 heteroatoms. The highest BCUT2D eigenvalue weighted by atomic mass is 32.2. The molecule has 2 aliphatic rings. The molecule has 0 aliphatic carbocycles. The fourth-order valence-corrected chi connectivity index (χ4v) is 7.67. The van der Waals surface area contributed by atoms with E-state index in [1.807, 2.05) is 43.0 Å². The number of amidine groups is 1. The number of thioether (sulfide) groups is 1. The van der Waals surface area contributed by atoms with Crippen LogP contribution in [0.25, 0.3) is 0 Å². The first-order chi connectivity index (χ1) is 14.7. The van der Waals surface area contributed by atoms with Gasteiger partial charge < -0.3 is 15.0 Å². The summed E-state index contributed by atoms with van der Waals surface area (Å²) in [6.45, 7) is 4.09. The number of carbonyl (C=O) groups is 1. The molecule has 31 heavy (non-hydrogen) atoms. The monoisotopic (exact) mass is 459 g/mol. The standard InChI is InChI=1S/C22H25N3O4S2/c1-14-7-15(2)9-17(8-14)25(22-24-19-12-31(27,28)13-20(19)30-22)11-21(26)23-16-5-4-6-18(10-16)29-3/h4-10,19-20H,11-13H2,1-3H3,(H,23,26)/t19-,20+/m1/s1. The summed E-state index contributed by atoms with van der Waals surface area (Å²) in [6.07, 6.45) is 0. The van der Waals surface area contributed by atoms with Crippen LogP contribution in [-0.2, 0) is 14.6 Å². The first-order valence-corrected chi connectivity index (χ1v) is 12.7. The van der Waals surface area contributed by atoms with E-state index in [1.165, 1.54) is 11.8 Å². The average Bonchev–Trinajstić information content (AvgIpc) is 3.18. The van der Waals surface area contributed by atoms with E-state index in [9.17, 15) is 13.2 Å². The van der Waals surface area contributed by atoms with E-state index >= 15 is 0 Å². The number of carbonyl (C=O) groups excluding carboxylic acids is 1. The smallest absolute Gasteiger partial charge is 0.244 e. The zero-order valence-corrected chi connectivity index (χ0v) is 19.3. The molecule has 0 radical (unpaired) electrons. The van der Waals surface area contributed by atoms with Gasteiger partial charge in [-0.2, -0.15) is 0 Å². The topological polar surface area (TPSA) is 88.1 Å². The van der Waals surface area contributed by atoms with Crippen molar-refractivity contribution >= 4 is 44.0 Å². The molecule has 2 heterocycles. The lowest BCUT2D eigenvalue weighted by Gasteiger charge is -2.25. The van der Waals surface area contributed by atoms with Crippen molar-refractivity contribution in [1.29, 1.82) is 0 Å². The summed E-state index contributed by atoms with van der Waals surface area (Å²) in [7, 11) is -1.46. The number of hydrogen-bond donors (Lipinski definition) is 1. The van der Waals surface area contributed by atoms with Gasteiger partial charge in [0.25, 0.3) is 0 Å². The highest BCUT2D eigenvalue weighted by molar-refractivity contribution is 8.15. The van der Waals surface area contributed by atoms with Crippen molar-refractivity contribution in [3.05, 3.63) is 53.6 Å². The largest absolute Gasteiger partial charge is 0.497 e. The van der Waals surface area contributed by atoms with Crippen LogP contribution in [0, 0.1) is 13.8 Å². The average molecular weight is 460 g/mol. The molecular formula is C22H25N3O4S2. The van der Waals surface area contributed by atoms with Gasteiger partial charge in [-0.05, 0) is 49.2 Å². The number of nitrogens with one attached hydrogen (secondary N) is 1.